The number of aromatic amines is 1. The van der Waals surface area contributed by atoms with Gasteiger partial charge in [0.25, 0.3) is 0 Å². The molecule has 24 heavy (non-hydrogen) atoms. The summed E-state index contributed by atoms with van der Waals surface area (Å²) in [7, 11) is 2.06. The highest BCUT2D eigenvalue weighted by Gasteiger charge is 2.31. The lowest BCUT2D eigenvalue weighted by Gasteiger charge is -2.25. The molecule has 4 rings (SSSR count). The topological polar surface area (TPSA) is 81.5 Å². The van der Waals surface area contributed by atoms with Crippen molar-refractivity contribution in [3.8, 4) is 6.07 Å². The molecule has 3 heterocycles. The number of nitrogens with zero attached hydrogens (tertiary/aromatic N) is 5. The highest BCUT2D eigenvalue weighted by Crippen LogP contribution is 2.38. The van der Waals surface area contributed by atoms with E-state index in [1.165, 1.54) is 0 Å². The molecule has 0 aromatic carbocycles. The monoisotopic (exact) mass is 318 g/mol. The summed E-state index contributed by atoms with van der Waals surface area (Å²) in [6.07, 6.45) is 6.79. The van der Waals surface area contributed by atoms with Gasteiger partial charge in [0.05, 0.1) is 5.69 Å². The minimum absolute atomic E-state index is 0.403. The molecule has 3 aromatic heterocycles. The molecule has 0 spiro atoms. The summed E-state index contributed by atoms with van der Waals surface area (Å²) in [5.74, 6) is 1.28. The standard InChI is InChI=1S/C18H18N6/c1-24(16-4-2-3-13(10-19)23-16)14-6-5-12(9-14)17-15-7-8-20-18(15)22-11-21-17/h2-4,7-8,11-12,14H,5-6,9H2,1H3,(H,20,21,22)/t12?,14-/m1/s1. The first-order valence-corrected chi connectivity index (χ1v) is 8.14. The van der Waals surface area contributed by atoms with E-state index < -0.39 is 0 Å². The molecule has 6 heteroatoms. The maximum atomic E-state index is 9.03. The Labute approximate surface area is 140 Å². The smallest absolute Gasteiger partial charge is 0.142 e. The highest BCUT2D eigenvalue weighted by molar-refractivity contribution is 5.78. The molecule has 1 saturated carbocycles. The normalized spacial score (nSPS) is 20.2. The van der Waals surface area contributed by atoms with Gasteiger partial charge in [0.1, 0.15) is 29.6 Å². The van der Waals surface area contributed by atoms with Crippen molar-refractivity contribution in [1.82, 2.24) is 19.9 Å². The molecule has 1 unspecified atom stereocenters. The molecule has 0 aliphatic heterocycles. The summed E-state index contributed by atoms with van der Waals surface area (Å²) >= 11 is 0. The van der Waals surface area contributed by atoms with Gasteiger partial charge in [0, 0.05) is 30.6 Å². The van der Waals surface area contributed by atoms with Crippen molar-refractivity contribution < 1.29 is 0 Å². The van der Waals surface area contributed by atoms with Crippen molar-refractivity contribution in [2.24, 2.45) is 0 Å². The largest absolute Gasteiger partial charge is 0.357 e. The van der Waals surface area contributed by atoms with Gasteiger partial charge in [0.15, 0.2) is 0 Å². The van der Waals surface area contributed by atoms with Crippen LogP contribution in [0.15, 0.2) is 36.8 Å². The van der Waals surface area contributed by atoms with Crippen molar-refractivity contribution in [3.05, 3.63) is 48.2 Å². The molecule has 1 aliphatic carbocycles. The molecule has 6 nitrogen and oxygen atoms in total. The first kappa shape index (κ1) is 14.6. The molecule has 2 atom stereocenters. The van der Waals surface area contributed by atoms with Crippen molar-refractivity contribution >= 4 is 16.9 Å². The Morgan fingerprint density at radius 1 is 1.25 bits per heavy atom. The van der Waals surface area contributed by atoms with E-state index in [1.54, 1.807) is 12.4 Å². The van der Waals surface area contributed by atoms with Crippen LogP contribution in [-0.2, 0) is 0 Å². The number of nitriles is 1. The van der Waals surface area contributed by atoms with Crippen molar-refractivity contribution in [2.75, 3.05) is 11.9 Å². The molecule has 0 radical (unpaired) electrons. The molecule has 0 saturated heterocycles. The number of hydrogen-bond acceptors (Lipinski definition) is 5. The molecule has 1 N–H and O–H groups in total. The summed E-state index contributed by atoms with van der Waals surface area (Å²) in [6.45, 7) is 0. The summed E-state index contributed by atoms with van der Waals surface area (Å²) in [5.41, 5.74) is 2.50. The third-order valence-electron chi connectivity index (χ3n) is 4.93. The van der Waals surface area contributed by atoms with Gasteiger partial charge >= 0.3 is 0 Å². The summed E-state index contributed by atoms with van der Waals surface area (Å²) in [4.78, 5) is 18.6. The third-order valence-corrected chi connectivity index (χ3v) is 4.93. The number of rotatable bonds is 3. The van der Waals surface area contributed by atoms with Gasteiger partial charge in [-0.1, -0.05) is 6.07 Å². The van der Waals surface area contributed by atoms with Crippen LogP contribution in [-0.4, -0.2) is 33.0 Å². The van der Waals surface area contributed by atoms with Gasteiger partial charge in [0.2, 0.25) is 0 Å². The minimum Gasteiger partial charge on any atom is -0.357 e. The number of pyridine rings is 1. The molecule has 3 aromatic rings. The van der Waals surface area contributed by atoms with Crippen LogP contribution in [0.2, 0.25) is 0 Å². The van der Waals surface area contributed by atoms with Crippen LogP contribution in [0.1, 0.15) is 36.6 Å². The SMILES string of the molecule is CN(c1cccc(C#N)n1)[C@@H]1CCC(c2ncnc3[nH]ccc23)C1. The summed E-state index contributed by atoms with van der Waals surface area (Å²) < 4.78 is 0. The zero-order valence-corrected chi connectivity index (χ0v) is 13.5. The Morgan fingerprint density at radius 3 is 3.04 bits per heavy atom. The van der Waals surface area contributed by atoms with Crippen LogP contribution in [0.5, 0.6) is 0 Å². The second-order valence-electron chi connectivity index (χ2n) is 6.27. The van der Waals surface area contributed by atoms with Gasteiger partial charge in [-0.25, -0.2) is 15.0 Å². The van der Waals surface area contributed by atoms with Gasteiger partial charge in [-0.05, 0) is 37.5 Å². The van der Waals surface area contributed by atoms with E-state index >= 15 is 0 Å². The second-order valence-corrected chi connectivity index (χ2v) is 6.27. The molecule has 0 bridgehead atoms. The number of hydrogen-bond donors (Lipinski definition) is 1. The van der Waals surface area contributed by atoms with Gasteiger partial charge in [-0.2, -0.15) is 5.26 Å². The van der Waals surface area contributed by atoms with Crippen LogP contribution < -0.4 is 4.90 Å². The van der Waals surface area contributed by atoms with Crippen molar-refractivity contribution in [1.29, 1.82) is 5.26 Å². The highest BCUT2D eigenvalue weighted by atomic mass is 15.2. The van der Waals surface area contributed by atoms with Gasteiger partial charge in [-0.3, -0.25) is 0 Å². The average Bonchev–Trinajstić information content (AvgIpc) is 3.30. The minimum atomic E-state index is 0.403. The van der Waals surface area contributed by atoms with Crippen LogP contribution in [0.4, 0.5) is 5.82 Å². The number of aromatic nitrogens is 4. The predicted molar refractivity (Wildman–Crippen MR) is 91.6 cm³/mol. The lowest BCUT2D eigenvalue weighted by atomic mass is 10.0. The Kier molecular flexibility index (Phi) is 3.62. The number of fused-ring (bicyclic) bond motifs is 1. The van der Waals surface area contributed by atoms with Gasteiger partial charge < -0.3 is 9.88 Å². The van der Waals surface area contributed by atoms with Gasteiger partial charge in [-0.15, -0.1) is 0 Å². The van der Waals surface area contributed by atoms with Crippen LogP contribution in [0.25, 0.3) is 11.0 Å². The fourth-order valence-corrected chi connectivity index (χ4v) is 3.64. The molecule has 120 valence electrons. The van der Waals surface area contributed by atoms with E-state index in [0.29, 0.717) is 17.7 Å². The first-order valence-electron chi connectivity index (χ1n) is 8.14. The van der Waals surface area contributed by atoms with Crippen molar-refractivity contribution in [2.45, 2.75) is 31.2 Å². The average molecular weight is 318 g/mol. The lowest BCUT2D eigenvalue weighted by Crippen LogP contribution is -2.30. The Balaban J connectivity index is 1.56. The molecular formula is C18H18N6. The number of anilines is 1. The molecule has 0 amide bonds. The van der Waals surface area contributed by atoms with Crippen LogP contribution >= 0.6 is 0 Å². The molecular weight excluding hydrogens is 300 g/mol. The number of nitrogens with one attached hydrogen (secondary N) is 1. The van der Waals surface area contributed by atoms with E-state index in [9.17, 15) is 0 Å². The van der Waals surface area contributed by atoms with E-state index in [2.05, 4.69) is 44.0 Å². The maximum Gasteiger partial charge on any atom is 0.142 e. The maximum absolute atomic E-state index is 9.03. The van der Waals surface area contributed by atoms with E-state index in [0.717, 1.165) is 41.8 Å². The Morgan fingerprint density at radius 2 is 2.17 bits per heavy atom. The summed E-state index contributed by atoms with van der Waals surface area (Å²) in [6, 6.07) is 10.1. The molecule has 1 fully saturated rings. The second kappa shape index (κ2) is 5.93. The Bertz CT molecular complexity index is 909. The van der Waals surface area contributed by atoms with Crippen LogP contribution in [0.3, 0.4) is 0 Å². The summed E-state index contributed by atoms with van der Waals surface area (Å²) in [5, 5.41) is 10.2. The fourth-order valence-electron chi connectivity index (χ4n) is 3.64. The quantitative estimate of drug-likeness (QED) is 0.803. The van der Waals surface area contributed by atoms with E-state index in [4.69, 9.17) is 5.26 Å². The van der Waals surface area contributed by atoms with E-state index in [-0.39, 0.29) is 0 Å². The molecule has 1 aliphatic rings. The lowest BCUT2D eigenvalue weighted by molar-refractivity contribution is 0.626. The fraction of sp³-hybridized carbons (Fsp3) is 0.333. The Hall–Kier alpha value is -2.94. The zero-order valence-electron chi connectivity index (χ0n) is 13.5. The first-order chi connectivity index (χ1) is 11.8. The van der Waals surface area contributed by atoms with Crippen LogP contribution in [0, 0.1) is 11.3 Å². The van der Waals surface area contributed by atoms with Crippen molar-refractivity contribution in [3.63, 3.8) is 0 Å². The predicted octanol–water partition coefficient (Wildman–Crippen LogP) is 3.00. The zero-order chi connectivity index (χ0) is 16.5. The number of H-pyrrole nitrogens is 1. The van der Waals surface area contributed by atoms with E-state index in [1.807, 2.05) is 18.3 Å². The third kappa shape index (κ3) is 2.48.